The maximum atomic E-state index is 5.73. The third-order valence-electron chi connectivity index (χ3n) is 4.39. The van der Waals surface area contributed by atoms with E-state index in [2.05, 4.69) is 91.0 Å². The van der Waals surface area contributed by atoms with E-state index in [1.807, 2.05) is 25.1 Å². The van der Waals surface area contributed by atoms with Crippen molar-refractivity contribution >= 4 is 47.0 Å². The van der Waals surface area contributed by atoms with E-state index in [0.717, 1.165) is 15.6 Å². The van der Waals surface area contributed by atoms with Crippen LogP contribution in [0.1, 0.15) is 5.56 Å². The topological polar surface area (TPSA) is 0 Å². The molecule has 4 aromatic rings. The Balaban J connectivity index is 0.000000255. The monoisotopic (exact) mass is 458 g/mol. The largest absolute Gasteiger partial charge is 1.00 e. The van der Waals surface area contributed by atoms with Crippen molar-refractivity contribution in [3.63, 3.8) is 0 Å². The Morgan fingerprint density at radius 1 is 0.483 bits per heavy atom. The lowest BCUT2D eigenvalue weighted by molar-refractivity contribution is -0.00000527. The molecule has 0 aliphatic rings. The van der Waals surface area contributed by atoms with E-state index < -0.39 is 7.92 Å². The van der Waals surface area contributed by atoms with Crippen molar-refractivity contribution in [2.75, 3.05) is 0 Å². The van der Waals surface area contributed by atoms with Crippen LogP contribution in [0.25, 0.3) is 0 Å². The number of halogens is 3. The Morgan fingerprint density at radius 3 is 1.07 bits per heavy atom. The molecule has 4 aromatic carbocycles. The smallest absolute Gasteiger partial charge is 0.102 e. The summed E-state index contributed by atoms with van der Waals surface area (Å²) >= 11 is 11.5. The average Bonchev–Trinajstić information content (AvgIpc) is 2.75. The van der Waals surface area contributed by atoms with Gasteiger partial charge in [-0.25, -0.2) is 0 Å². The van der Waals surface area contributed by atoms with Gasteiger partial charge in [0, 0.05) is 10.0 Å². The van der Waals surface area contributed by atoms with Crippen LogP contribution in [0, 0.1) is 6.92 Å². The van der Waals surface area contributed by atoms with Gasteiger partial charge in [0.2, 0.25) is 0 Å². The van der Waals surface area contributed by atoms with E-state index in [9.17, 15) is 0 Å². The van der Waals surface area contributed by atoms with Crippen molar-refractivity contribution in [1.82, 2.24) is 0 Å². The summed E-state index contributed by atoms with van der Waals surface area (Å²) in [5, 5.41) is 5.75. The zero-order valence-electron chi connectivity index (χ0n) is 16.0. The lowest BCUT2D eigenvalue weighted by Crippen LogP contribution is -3.00. The van der Waals surface area contributed by atoms with Crippen LogP contribution in [-0.4, -0.2) is 0 Å². The molecule has 0 N–H and O–H groups in total. The number of benzene rings is 4. The molecule has 0 fully saturated rings. The fourth-order valence-corrected chi connectivity index (χ4v) is 5.87. The van der Waals surface area contributed by atoms with Gasteiger partial charge in [-0.05, 0) is 61.0 Å². The minimum Gasteiger partial charge on any atom is -1.00 e. The maximum absolute atomic E-state index is 5.73. The minimum atomic E-state index is -0.877. The van der Waals surface area contributed by atoms with Gasteiger partial charge in [-0.15, -0.1) is 0 Å². The van der Waals surface area contributed by atoms with Crippen LogP contribution < -0.4 is 28.3 Å². The van der Waals surface area contributed by atoms with Gasteiger partial charge in [-0.1, -0.05) is 83.9 Å². The molecule has 0 atom stereocenters. The van der Waals surface area contributed by atoms with Crippen LogP contribution in [0.4, 0.5) is 0 Å². The maximum Gasteiger partial charge on any atom is 0.102 e. The molecule has 0 bridgehead atoms. The second kappa shape index (κ2) is 12.0. The molecule has 0 nitrogen and oxygen atoms in total. The molecule has 148 valence electrons. The fraction of sp³-hybridized carbons (Fsp3) is 0.0400. The van der Waals surface area contributed by atoms with E-state index in [1.165, 1.54) is 15.9 Å². The van der Waals surface area contributed by atoms with Gasteiger partial charge in [0.25, 0.3) is 0 Å². The van der Waals surface area contributed by atoms with Crippen LogP contribution in [0.2, 0.25) is 10.0 Å². The van der Waals surface area contributed by atoms with Crippen molar-refractivity contribution in [3.8, 4) is 0 Å². The minimum absolute atomic E-state index is 0. The second-order valence-electron chi connectivity index (χ2n) is 6.32. The third-order valence-corrected chi connectivity index (χ3v) is 7.94. The third kappa shape index (κ3) is 6.59. The van der Waals surface area contributed by atoms with E-state index >= 15 is 0 Å². The molecule has 0 saturated carbocycles. The molecule has 0 amide bonds. The molecule has 0 unspecified atom stereocenters. The average molecular weight is 460 g/mol. The van der Waals surface area contributed by atoms with Crippen molar-refractivity contribution < 1.29 is 12.4 Å². The van der Waals surface area contributed by atoms with Gasteiger partial charge >= 0.3 is 0 Å². The molecule has 0 radical (unpaired) electrons. The Kier molecular flexibility index (Phi) is 9.71. The highest BCUT2D eigenvalue weighted by Gasteiger charge is 2.24. The Labute approximate surface area is 190 Å². The molecule has 0 spiro atoms. The van der Waals surface area contributed by atoms with E-state index in [1.54, 1.807) is 0 Å². The lowest BCUT2D eigenvalue weighted by atomic mass is 10.2. The summed E-state index contributed by atoms with van der Waals surface area (Å²) in [5.41, 5.74) is 0.945. The van der Waals surface area contributed by atoms with Gasteiger partial charge in [-0.3, -0.25) is 0 Å². The summed E-state index contributed by atoms with van der Waals surface area (Å²) in [6.45, 7) is 1.89. The second-order valence-corrected chi connectivity index (χ2v) is 9.62. The van der Waals surface area contributed by atoms with Crippen LogP contribution in [0.5, 0.6) is 0 Å². The molecule has 0 aliphatic carbocycles. The summed E-state index contributed by atoms with van der Waals surface area (Å²) in [6, 6.07) is 38.0. The normalized spacial score (nSPS) is 9.93. The van der Waals surface area contributed by atoms with Gasteiger partial charge in [0.15, 0.2) is 0 Å². The van der Waals surface area contributed by atoms with Crippen molar-refractivity contribution in [2.45, 2.75) is 6.92 Å². The summed E-state index contributed by atoms with van der Waals surface area (Å²) in [6.07, 6.45) is 0. The number of hydrogen-bond acceptors (Lipinski definition) is 0. The Morgan fingerprint density at radius 2 is 0.793 bits per heavy atom. The fourth-order valence-electron chi connectivity index (χ4n) is 2.90. The van der Waals surface area contributed by atoms with E-state index in [-0.39, 0.29) is 12.4 Å². The summed E-state index contributed by atoms with van der Waals surface area (Å²) in [5.74, 6) is 0. The highest BCUT2D eigenvalue weighted by molar-refractivity contribution is 7.79. The van der Waals surface area contributed by atoms with Crippen LogP contribution in [0.3, 0.4) is 0 Å². The van der Waals surface area contributed by atoms with Gasteiger partial charge in [-0.2, -0.15) is 0 Å². The molecular weight excluding hydrogens is 438 g/mol. The summed E-state index contributed by atoms with van der Waals surface area (Å²) in [4.78, 5) is 0. The molecule has 29 heavy (non-hydrogen) atoms. The van der Waals surface area contributed by atoms with Crippen LogP contribution in [-0.2, 0) is 0 Å². The molecule has 0 heterocycles. The first-order valence-corrected chi connectivity index (χ1v) is 11.4. The first-order valence-electron chi connectivity index (χ1n) is 9.10. The summed E-state index contributed by atoms with van der Waals surface area (Å²) in [7, 11) is -0.877. The van der Waals surface area contributed by atoms with Crippen molar-refractivity contribution in [2.24, 2.45) is 0 Å². The zero-order valence-corrected chi connectivity index (χ0v) is 19.3. The van der Waals surface area contributed by atoms with Crippen molar-refractivity contribution in [3.05, 3.63) is 125 Å². The van der Waals surface area contributed by atoms with Gasteiger partial charge < -0.3 is 12.4 Å². The predicted octanol–water partition coefficient (Wildman–Crippen LogP) is 3.48. The van der Waals surface area contributed by atoms with Gasteiger partial charge in [0.05, 0.1) is 7.92 Å². The van der Waals surface area contributed by atoms with E-state index in [4.69, 9.17) is 23.2 Å². The molecule has 0 aromatic heterocycles. The zero-order chi connectivity index (χ0) is 19.8. The molecule has 4 heteroatoms. The first-order chi connectivity index (χ1) is 13.7. The van der Waals surface area contributed by atoms with Crippen LogP contribution >= 0.6 is 31.1 Å². The molecular formula is C25H22Cl3P. The van der Waals surface area contributed by atoms with E-state index in [0.29, 0.717) is 0 Å². The Hall–Kier alpha value is -1.82. The molecule has 4 rings (SSSR count). The van der Waals surface area contributed by atoms with Gasteiger partial charge in [0.1, 0.15) is 15.9 Å². The standard InChI is InChI=1S/C18H15P.C7H6Cl2.ClH/c1-4-10-16(11-5-1)19(17-12-6-2-7-13-17)18-14-8-3-9-15-18;1-5-6(8)3-2-4-7(5)9;/h1-15H;2-4H,1H3;1H. The number of rotatable bonds is 3. The number of hydrogen-bond donors (Lipinski definition) is 0. The quantitative estimate of drug-likeness (QED) is 0.412. The molecule has 0 aliphatic heterocycles. The summed E-state index contributed by atoms with van der Waals surface area (Å²) < 4.78 is 0. The highest BCUT2D eigenvalue weighted by Crippen LogP contribution is 2.32. The van der Waals surface area contributed by atoms with Crippen LogP contribution in [0.15, 0.2) is 109 Å². The molecule has 0 saturated heterocycles. The SMILES string of the molecule is Cc1c(Cl)cccc1Cl.[Cl-].c1ccc([PH+](c2ccccc2)c2ccccc2)cc1. The van der Waals surface area contributed by atoms with Crippen molar-refractivity contribution in [1.29, 1.82) is 0 Å². The lowest BCUT2D eigenvalue weighted by Gasteiger charge is -2.10. The first kappa shape index (κ1) is 23.5. The Bertz CT molecular complexity index is 876. The predicted molar refractivity (Wildman–Crippen MR) is 128 cm³/mol. The highest BCUT2D eigenvalue weighted by atomic mass is 35.5.